The Hall–Kier alpha value is -0.260. The summed E-state index contributed by atoms with van der Waals surface area (Å²) in [6.45, 7) is 1.12. The lowest BCUT2D eigenvalue weighted by Gasteiger charge is -2.43. The summed E-state index contributed by atoms with van der Waals surface area (Å²) >= 11 is 0. The number of guanidine groups is 1. The zero-order valence-corrected chi connectivity index (χ0v) is 14.2. The molecule has 0 aromatic heterocycles. The molecule has 0 radical (unpaired) electrons. The highest BCUT2D eigenvalue weighted by molar-refractivity contribution is 14.0. The molecule has 2 N–H and O–H groups in total. The minimum Gasteiger partial charge on any atom is -0.356 e. The van der Waals surface area contributed by atoms with Gasteiger partial charge in [-0.15, -0.1) is 24.0 Å². The summed E-state index contributed by atoms with van der Waals surface area (Å²) < 4.78 is 0. The summed E-state index contributed by atoms with van der Waals surface area (Å²) in [6.07, 6.45) is 14.0. The van der Waals surface area contributed by atoms with Crippen LogP contribution in [0.25, 0.3) is 0 Å². The van der Waals surface area contributed by atoms with Crippen LogP contribution >= 0.6 is 24.0 Å². The third-order valence-electron chi connectivity index (χ3n) is 4.97. The Morgan fingerprint density at radius 1 is 1.26 bits per heavy atom. The summed E-state index contributed by atoms with van der Waals surface area (Å²) in [5.74, 6) is 2.00. The van der Waals surface area contributed by atoms with Crippen LogP contribution in [0.3, 0.4) is 0 Å². The van der Waals surface area contributed by atoms with Crippen molar-refractivity contribution in [2.24, 2.45) is 16.3 Å². The number of hydrogen-bond donors (Lipinski definition) is 2. The van der Waals surface area contributed by atoms with E-state index in [9.17, 15) is 0 Å². The second-order valence-corrected chi connectivity index (χ2v) is 6.20. The van der Waals surface area contributed by atoms with Crippen molar-refractivity contribution in [3.63, 3.8) is 0 Å². The van der Waals surface area contributed by atoms with Crippen LogP contribution in [-0.2, 0) is 0 Å². The Kier molecular flexibility index (Phi) is 5.15. The van der Waals surface area contributed by atoms with E-state index in [4.69, 9.17) is 0 Å². The van der Waals surface area contributed by atoms with Crippen LogP contribution in [0.1, 0.15) is 44.9 Å². The van der Waals surface area contributed by atoms with Gasteiger partial charge in [0.25, 0.3) is 0 Å². The molecule has 0 aromatic carbocycles. The predicted molar refractivity (Wildman–Crippen MR) is 91.1 cm³/mol. The van der Waals surface area contributed by atoms with Crippen molar-refractivity contribution in [3.8, 4) is 0 Å². The quantitative estimate of drug-likeness (QED) is 0.343. The molecule has 0 saturated heterocycles. The standard InChI is InChI=1S/C15H25N3.HI/c1-16-14(18-13-5-2-3-6-13)17-11-15(9-4-10-15)12-7-8-12;/h2-3,12-13H,4-11H2,1H3,(H2,16,17,18);1H. The van der Waals surface area contributed by atoms with Gasteiger partial charge in [0.2, 0.25) is 0 Å². The van der Waals surface area contributed by atoms with Gasteiger partial charge in [0, 0.05) is 19.6 Å². The molecule has 0 unspecified atom stereocenters. The molecule has 2 saturated carbocycles. The maximum Gasteiger partial charge on any atom is 0.191 e. The fourth-order valence-corrected chi connectivity index (χ4v) is 3.44. The van der Waals surface area contributed by atoms with Gasteiger partial charge < -0.3 is 10.6 Å². The topological polar surface area (TPSA) is 36.4 Å². The maximum absolute atomic E-state index is 4.36. The Labute approximate surface area is 133 Å². The Morgan fingerprint density at radius 2 is 1.95 bits per heavy atom. The van der Waals surface area contributed by atoms with Crippen molar-refractivity contribution >= 4 is 29.9 Å². The number of rotatable bonds is 4. The van der Waals surface area contributed by atoms with Gasteiger partial charge in [-0.2, -0.15) is 0 Å². The predicted octanol–water partition coefficient (Wildman–Crippen LogP) is 3.07. The van der Waals surface area contributed by atoms with E-state index in [1.54, 1.807) is 0 Å². The highest BCUT2D eigenvalue weighted by atomic mass is 127. The monoisotopic (exact) mass is 375 g/mol. The Morgan fingerprint density at radius 3 is 2.42 bits per heavy atom. The first-order valence-electron chi connectivity index (χ1n) is 7.45. The van der Waals surface area contributed by atoms with Crippen LogP contribution in [0.4, 0.5) is 0 Å². The van der Waals surface area contributed by atoms with Gasteiger partial charge in [-0.3, -0.25) is 4.99 Å². The van der Waals surface area contributed by atoms with Gasteiger partial charge in [0.15, 0.2) is 5.96 Å². The van der Waals surface area contributed by atoms with Crippen molar-refractivity contribution in [3.05, 3.63) is 12.2 Å². The molecule has 0 amide bonds. The molecule has 0 aromatic rings. The number of halogens is 1. The average Bonchev–Trinajstić information content (AvgIpc) is 3.04. The second-order valence-electron chi connectivity index (χ2n) is 6.20. The molecule has 108 valence electrons. The number of aliphatic imine (C=N–C) groups is 1. The minimum absolute atomic E-state index is 0. The van der Waals surface area contributed by atoms with Gasteiger partial charge in [-0.05, 0) is 49.9 Å². The van der Waals surface area contributed by atoms with E-state index in [0.717, 1.165) is 31.3 Å². The van der Waals surface area contributed by atoms with Crippen molar-refractivity contribution in [1.29, 1.82) is 0 Å². The van der Waals surface area contributed by atoms with Gasteiger partial charge in [-0.1, -0.05) is 18.6 Å². The molecule has 3 rings (SSSR count). The van der Waals surface area contributed by atoms with Gasteiger partial charge in [0.1, 0.15) is 0 Å². The molecule has 0 atom stereocenters. The molecule has 0 aliphatic heterocycles. The molecule has 4 heteroatoms. The van der Waals surface area contributed by atoms with Crippen LogP contribution < -0.4 is 10.6 Å². The highest BCUT2D eigenvalue weighted by Gasteiger charge is 2.48. The normalized spacial score (nSPS) is 25.6. The van der Waals surface area contributed by atoms with E-state index in [1.165, 1.54) is 32.1 Å². The lowest BCUT2D eigenvalue weighted by Crippen LogP contribution is -2.49. The summed E-state index contributed by atoms with van der Waals surface area (Å²) in [6, 6.07) is 0.550. The Balaban J connectivity index is 0.00000133. The molecule has 19 heavy (non-hydrogen) atoms. The zero-order valence-electron chi connectivity index (χ0n) is 11.8. The van der Waals surface area contributed by atoms with Crippen LogP contribution in [0.15, 0.2) is 17.1 Å². The fraction of sp³-hybridized carbons (Fsp3) is 0.800. The van der Waals surface area contributed by atoms with Gasteiger partial charge in [-0.25, -0.2) is 0 Å². The molecular weight excluding hydrogens is 349 g/mol. The smallest absolute Gasteiger partial charge is 0.191 e. The van der Waals surface area contributed by atoms with Crippen LogP contribution in [0.5, 0.6) is 0 Å². The Bertz CT molecular complexity index is 348. The SMILES string of the molecule is CN=C(NCC1(C2CC2)CCC1)NC1CC=CC1.I. The van der Waals surface area contributed by atoms with Crippen LogP contribution in [-0.4, -0.2) is 25.6 Å². The van der Waals surface area contributed by atoms with Crippen LogP contribution in [0.2, 0.25) is 0 Å². The minimum atomic E-state index is 0. The average molecular weight is 375 g/mol. The summed E-state index contributed by atoms with van der Waals surface area (Å²) in [5, 5.41) is 7.09. The first-order chi connectivity index (χ1) is 8.82. The lowest BCUT2D eigenvalue weighted by atomic mass is 9.65. The molecule has 3 aliphatic carbocycles. The van der Waals surface area contributed by atoms with Crippen molar-refractivity contribution in [1.82, 2.24) is 10.6 Å². The summed E-state index contributed by atoms with van der Waals surface area (Å²) in [5.41, 5.74) is 0.617. The number of nitrogens with one attached hydrogen (secondary N) is 2. The van der Waals surface area contributed by atoms with Gasteiger partial charge in [0.05, 0.1) is 0 Å². The molecule has 3 aliphatic rings. The lowest BCUT2D eigenvalue weighted by molar-refractivity contribution is 0.106. The zero-order chi connectivity index (χ0) is 12.4. The number of hydrogen-bond acceptors (Lipinski definition) is 1. The van der Waals surface area contributed by atoms with Crippen molar-refractivity contribution < 1.29 is 0 Å². The second kappa shape index (κ2) is 6.46. The first-order valence-corrected chi connectivity index (χ1v) is 7.45. The van der Waals surface area contributed by atoms with Crippen molar-refractivity contribution in [2.45, 2.75) is 51.0 Å². The first kappa shape index (κ1) is 15.1. The van der Waals surface area contributed by atoms with Gasteiger partial charge >= 0.3 is 0 Å². The summed E-state index contributed by atoms with van der Waals surface area (Å²) in [4.78, 5) is 4.36. The molecule has 3 nitrogen and oxygen atoms in total. The molecule has 0 spiro atoms. The third-order valence-corrected chi connectivity index (χ3v) is 4.97. The summed E-state index contributed by atoms with van der Waals surface area (Å²) in [7, 11) is 1.88. The molecule has 0 bridgehead atoms. The maximum atomic E-state index is 4.36. The van der Waals surface area contributed by atoms with E-state index in [2.05, 4.69) is 27.8 Å². The van der Waals surface area contributed by atoms with E-state index in [-0.39, 0.29) is 24.0 Å². The number of nitrogens with zero attached hydrogens (tertiary/aromatic N) is 1. The third kappa shape index (κ3) is 3.44. The van der Waals surface area contributed by atoms with E-state index in [0.29, 0.717) is 11.5 Å². The molecule has 0 heterocycles. The van der Waals surface area contributed by atoms with Crippen molar-refractivity contribution in [2.75, 3.05) is 13.6 Å². The van der Waals surface area contributed by atoms with E-state index < -0.39 is 0 Å². The highest BCUT2D eigenvalue weighted by Crippen LogP contribution is 2.56. The van der Waals surface area contributed by atoms with Crippen LogP contribution in [0, 0.1) is 11.3 Å². The fourth-order valence-electron chi connectivity index (χ4n) is 3.44. The molecular formula is C15H26IN3. The largest absolute Gasteiger partial charge is 0.356 e. The molecule has 2 fully saturated rings. The van der Waals surface area contributed by atoms with E-state index >= 15 is 0 Å². The van der Waals surface area contributed by atoms with E-state index in [1.807, 2.05) is 7.05 Å².